The summed E-state index contributed by atoms with van der Waals surface area (Å²) in [5.41, 5.74) is 1.25. The van der Waals surface area contributed by atoms with E-state index in [-0.39, 0.29) is 6.10 Å². The number of benzene rings is 1. The van der Waals surface area contributed by atoms with Gasteiger partial charge in [-0.05, 0) is 55.8 Å². The first-order valence-corrected chi connectivity index (χ1v) is 6.77. The Kier molecular flexibility index (Phi) is 4.84. The van der Waals surface area contributed by atoms with Gasteiger partial charge in [0.1, 0.15) is 0 Å². The SMILES string of the molecule is OC(CCc1ccc(Cl)cc1)C1CCCNC1. The van der Waals surface area contributed by atoms with Gasteiger partial charge in [0.05, 0.1) is 6.10 Å². The van der Waals surface area contributed by atoms with E-state index in [2.05, 4.69) is 5.32 Å². The van der Waals surface area contributed by atoms with Crippen LogP contribution in [0.1, 0.15) is 24.8 Å². The Morgan fingerprint density at radius 1 is 1.35 bits per heavy atom. The van der Waals surface area contributed by atoms with Gasteiger partial charge in [-0.25, -0.2) is 0 Å². The van der Waals surface area contributed by atoms with E-state index in [1.165, 1.54) is 12.0 Å². The topological polar surface area (TPSA) is 32.3 Å². The summed E-state index contributed by atoms with van der Waals surface area (Å²) in [6, 6.07) is 7.89. The molecule has 1 saturated heterocycles. The molecule has 3 heteroatoms. The molecule has 17 heavy (non-hydrogen) atoms. The Labute approximate surface area is 108 Å². The van der Waals surface area contributed by atoms with Crippen molar-refractivity contribution >= 4 is 11.6 Å². The van der Waals surface area contributed by atoms with E-state index in [4.69, 9.17) is 11.6 Å². The maximum atomic E-state index is 10.1. The minimum atomic E-state index is -0.182. The van der Waals surface area contributed by atoms with Crippen molar-refractivity contribution in [2.45, 2.75) is 31.8 Å². The predicted octanol–water partition coefficient (Wildman–Crippen LogP) is 2.63. The van der Waals surface area contributed by atoms with E-state index >= 15 is 0 Å². The van der Waals surface area contributed by atoms with Gasteiger partial charge in [0, 0.05) is 11.6 Å². The molecule has 1 aliphatic heterocycles. The maximum Gasteiger partial charge on any atom is 0.0583 e. The lowest BCUT2D eigenvalue weighted by molar-refractivity contribution is 0.0844. The van der Waals surface area contributed by atoms with E-state index < -0.39 is 0 Å². The third-order valence-corrected chi connectivity index (χ3v) is 3.77. The lowest BCUT2D eigenvalue weighted by Gasteiger charge is -2.27. The third-order valence-electron chi connectivity index (χ3n) is 3.52. The van der Waals surface area contributed by atoms with Gasteiger partial charge in [-0.3, -0.25) is 0 Å². The van der Waals surface area contributed by atoms with E-state index in [0.717, 1.165) is 37.4 Å². The number of aryl methyl sites for hydroxylation is 1. The first-order chi connectivity index (χ1) is 8.25. The quantitative estimate of drug-likeness (QED) is 0.865. The van der Waals surface area contributed by atoms with Crippen LogP contribution in [0.2, 0.25) is 5.02 Å². The molecule has 2 unspecified atom stereocenters. The standard InChI is InChI=1S/C14H20ClNO/c15-13-6-3-11(4-7-13)5-8-14(17)12-2-1-9-16-10-12/h3-4,6-7,12,14,16-17H,1-2,5,8-10H2. The molecule has 0 amide bonds. The highest BCUT2D eigenvalue weighted by Crippen LogP contribution is 2.19. The molecule has 1 aromatic carbocycles. The van der Waals surface area contributed by atoms with Crippen LogP contribution in [-0.2, 0) is 6.42 Å². The summed E-state index contributed by atoms with van der Waals surface area (Å²) in [7, 11) is 0. The summed E-state index contributed by atoms with van der Waals surface area (Å²) in [4.78, 5) is 0. The fourth-order valence-corrected chi connectivity index (χ4v) is 2.53. The zero-order valence-electron chi connectivity index (χ0n) is 10.0. The summed E-state index contributed by atoms with van der Waals surface area (Å²) in [6.07, 6.45) is 3.92. The molecule has 2 nitrogen and oxygen atoms in total. The van der Waals surface area contributed by atoms with Crippen LogP contribution in [0.25, 0.3) is 0 Å². The zero-order chi connectivity index (χ0) is 12.1. The molecule has 1 aromatic rings. The number of hydrogen-bond donors (Lipinski definition) is 2. The van der Waals surface area contributed by atoms with Gasteiger partial charge < -0.3 is 10.4 Å². The van der Waals surface area contributed by atoms with Crippen LogP contribution in [0, 0.1) is 5.92 Å². The molecule has 1 aliphatic rings. The van der Waals surface area contributed by atoms with Gasteiger partial charge in [0.15, 0.2) is 0 Å². The van der Waals surface area contributed by atoms with Crippen LogP contribution in [-0.4, -0.2) is 24.3 Å². The molecule has 2 N–H and O–H groups in total. The molecule has 2 rings (SSSR count). The fraction of sp³-hybridized carbons (Fsp3) is 0.571. The van der Waals surface area contributed by atoms with Crippen LogP contribution in [0.4, 0.5) is 0 Å². The molecule has 1 fully saturated rings. The van der Waals surface area contributed by atoms with Crippen molar-refractivity contribution in [3.63, 3.8) is 0 Å². The van der Waals surface area contributed by atoms with Crippen LogP contribution < -0.4 is 5.32 Å². The zero-order valence-corrected chi connectivity index (χ0v) is 10.8. The molecule has 0 aromatic heterocycles. The van der Waals surface area contributed by atoms with Crippen molar-refractivity contribution in [2.75, 3.05) is 13.1 Å². The minimum Gasteiger partial charge on any atom is -0.393 e. The monoisotopic (exact) mass is 253 g/mol. The molecular formula is C14H20ClNO. The first-order valence-electron chi connectivity index (χ1n) is 6.39. The Morgan fingerprint density at radius 3 is 2.76 bits per heavy atom. The first kappa shape index (κ1) is 12.9. The van der Waals surface area contributed by atoms with Gasteiger partial charge >= 0.3 is 0 Å². The van der Waals surface area contributed by atoms with Gasteiger partial charge in [0.2, 0.25) is 0 Å². The van der Waals surface area contributed by atoms with Gasteiger partial charge in [-0.1, -0.05) is 23.7 Å². The smallest absolute Gasteiger partial charge is 0.0583 e. The Bertz CT molecular complexity index is 333. The largest absolute Gasteiger partial charge is 0.393 e. The molecule has 1 heterocycles. The van der Waals surface area contributed by atoms with Crippen molar-refractivity contribution in [2.24, 2.45) is 5.92 Å². The Hall–Kier alpha value is -0.570. The normalized spacial score (nSPS) is 22.4. The number of aliphatic hydroxyl groups excluding tert-OH is 1. The number of halogens is 1. The van der Waals surface area contributed by atoms with Gasteiger partial charge in [-0.2, -0.15) is 0 Å². The summed E-state index contributed by atoms with van der Waals surface area (Å²) in [5.74, 6) is 0.427. The number of piperidine rings is 1. The summed E-state index contributed by atoms with van der Waals surface area (Å²) in [5, 5.41) is 14.2. The minimum absolute atomic E-state index is 0.182. The van der Waals surface area contributed by atoms with Gasteiger partial charge in [-0.15, -0.1) is 0 Å². The van der Waals surface area contributed by atoms with E-state index in [0.29, 0.717) is 5.92 Å². The predicted molar refractivity (Wildman–Crippen MR) is 71.4 cm³/mol. The third kappa shape index (κ3) is 3.98. The Morgan fingerprint density at radius 2 is 2.12 bits per heavy atom. The van der Waals surface area contributed by atoms with Crippen molar-refractivity contribution in [1.29, 1.82) is 0 Å². The number of rotatable bonds is 4. The summed E-state index contributed by atoms with van der Waals surface area (Å²) in [6.45, 7) is 2.06. The van der Waals surface area contributed by atoms with Crippen molar-refractivity contribution in [1.82, 2.24) is 5.32 Å². The van der Waals surface area contributed by atoms with Gasteiger partial charge in [0.25, 0.3) is 0 Å². The Balaban J connectivity index is 1.78. The van der Waals surface area contributed by atoms with E-state index in [9.17, 15) is 5.11 Å². The maximum absolute atomic E-state index is 10.1. The van der Waals surface area contributed by atoms with Crippen molar-refractivity contribution in [3.8, 4) is 0 Å². The van der Waals surface area contributed by atoms with Crippen LogP contribution in [0.5, 0.6) is 0 Å². The van der Waals surface area contributed by atoms with Crippen molar-refractivity contribution in [3.05, 3.63) is 34.9 Å². The highest BCUT2D eigenvalue weighted by atomic mass is 35.5. The van der Waals surface area contributed by atoms with Crippen LogP contribution in [0.15, 0.2) is 24.3 Å². The lowest BCUT2D eigenvalue weighted by Crippen LogP contribution is -2.36. The lowest BCUT2D eigenvalue weighted by atomic mass is 9.90. The van der Waals surface area contributed by atoms with E-state index in [1.807, 2.05) is 24.3 Å². The number of hydrogen-bond acceptors (Lipinski definition) is 2. The highest BCUT2D eigenvalue weighted by Gasteiger charge is 2.20. The second-order valence-electron chi connectivity index (χ2n) is 4.84. The van der Waals surface area contributed by atoms with Crippen LogP contribution in [0.3, 0.4) is 0 Å². The molecule has 94 valence electrons. The molecule has 0 aliphatic carbocycles. The number of aliphatic hydroxyl groups is 1. The number of nitrogens with one attached hydrogen (secondary N) is 1. The van der Waals surface area contributed by atoms with E-state index in [1.54, 1.807) is 0 Å². The molecule has 0 bridgehead atoms. The summed E-state index contributed by atoms with van der Waals surface area (Å²) >= 11 is 5.84. The molecule has 0 spiro atoms. The summed E-state index contributed by atoms with van der Waals surface area (Å²) < 4.78 is 0. The average molecular weight is 254 g/mol. The second-order valence-corrected chi connectivity index (χ2v) is 5.28. The second kappa shape index (κ2) is 6.39. The van der Waals surface area contributed by atoms with Crippen molar-refractivity contribution < 1.29 is 5.11 Å². The highest BCUT2D eigenvalue weighted by molar-refractivity contribution is 6.30. The average Bonchev–Trinajstić information content (AvgIpc) is 2.39. The fourth-order valence-electron chi connectivity index (χ4n) is 2.41. The molecule has 0 saturated carbocycles. The molecule has 0 radical (unpaired) electrons. The van der Waals surface area contributed by atoms with Crippen LogP contribution >= 0.6 is 11.6 Å². The molecule has 2 atom stereocenters. The molecular weight excluding hydrogens is 234 g/mol.